The molecule has 2 N–H and O–H groups in total. The minimum absolute atomic E-state index is 0.684. The van der Waals surface area contributed by atoms with E-state index in [9.17, 15) is 18.4 Å². The zero-order valence-corrected chi connectivity index (χ0v) is 10.3. The Balaban J connectivity index is 4.43. The zero-order valence-electron chi connectivity index (χ0n) is 10.3. The fourth-order valence-electron chi connectivity index (χ4n) is 1.03. The van der Waals surface area contributed by atoms with Gasteiger partial charge in [-0.25, -0.2) is 13.6 Å². The Morgan fingerprint density at radius 3 is 2.18 bits per heavy atom. The summed E-state index contributed by atoms with van der Waals surface area (Å²) in [5.74, 6) is -0.684. The first-order valence-corrected chi connectivity index (χ1v) is 5.15. The number of nitrogens with one attached hydrogen (secondary N) is 2. The van der Waals surface area contributed by atoms with Gasteiger partial charge in [0.2, 0.25) is 12.3 Å². The molecule has 17 heavy (non-hydrogen) atoms. The Kier molecular flexibility index (Phi) is 5.84. The quantitative estimate of drug-likeness (QED) is 0.792. The number of halogens is 2. The van der Waals surface area contributed by atoms with Crippen molar-refractivity contribution in [2.24, 2.45) is 0 Å². The molecule has 0 fully saturated rings. The highest BCUT2D eigenvalue weighted by Crippen LogP contribution is 2.09. The summed E-state index contributed by atoms with van der Waals surface area (Å²) in [4.78, 5) is 22.5. The summed E-state index contributed by atoms with van der Waals surface area (Å²) in [6.45, 7) is 4.90. The molecule has 0 aromatic carbocycles. The highest BCUT2D eigenvalue weighted by atomic mass is 19.3. The molecule has 0 bridgehead atoms. The van der Waals surface area contributed by atoms with Crippen LogP contribution in [0.5, 0.6) is 0 Å². The van der Waals surface area contributed by atoms with Gasteiger partial charge < -0.3 is 15.4 Å². The SMILES string of the molecule is CNC(=O)[C@H](CC(F)F)NC(=O)OC(C)(C)C. The van der Waals surface area contributed by atoms with Crippen LogP contribution in [-0.4, -0.2) is 37.1 Å². The van der Waals surface area contributed by atoms with Crippen molar-refractivity contribution in [2.45, 2.75) is 45.3 Å². The number of hydrogen-bond donors (Lipinski definition) is 2. The first kappa shape index (κ1) is 15.6. The average molecular weight is 252 g/mol. The third-order valence-corrected chi connectivity index (χ3v) is 1.67. The van der Waals surface area contributed by atoms with Crippen molar-refractivity contribution in [1.29, 1.82) is 0 Å². The maximum atomic E-state index is 12.2. The molecule has 0 aromatic rings. The van der Waals surface area contributed by atoms with Crippen molar-refractivity contribution >= 4 is 12.0 Å². The molecule has 0 saturated heterocycles. The Bertz CT molecular complexity index is 277. The van der Waals surface area contributed by atoms with E-state index in [4.69, 9.17) is 4.74 Å². The zero-order chi connectivity index (χ0) is 13.6. The van der Waals surface area contributed by atoms with Crippen LogP contribution in [0, 0.1) is 0 Å². The van der Waals surface area contributed by atoms with E-state index in [1.165, 1.54) is 7.05 Å². The van der Waals surface area contributed by atoms with E-state index in [2.05, 4.69) is 10.6 Å². The summed E-state index contributed by atoms with van der Waals surface area (Å²) in [6.07, 6.45) is -4.34. The van der Waals surface area contributed by atoms with Gasteiger partial charge in [0.15, 0.2) is 0 Å². The van der Waals surface area contributed by atoms with Crippen molar-refractivity contribution in [3.05, 3.63) is 0 Å². The molecule has 0 aromatic heterocycles. The molecule has 0 aliphatic heterocycles. The number of carbonyl (C=O) groups is 2. The topological polar surface area (TPSA) is 67.4 Å². The molecule has 0 rings (SSSR count). The monoisotopic (exact) mass is 252 g/mol. The fraction of sp³-hybridized carbons (Fsp3) is 0.800. The molecule has 100 valence electrons. The van der Waals surface area contributed by atoms with E-state index < -0.39 is 36.5 Å². The molecule has 1 atom stereocenters. The van der Waals surface area contributed by atoms with Gasteiger partial charge in [-0.15, -0.1) is 0 Å². The summed E-state index contributed by atoms with van der Waals surface area (Å²) in [6, 6.07) is -1.30. The van der Waals surface area contributed by atoms with Crippen LogP contribution in [0.1, 0.15) is 27.2 Å². The van der Waals surface area contributed by atoms with Crippen LogP contribution in [0.3, 0.4) is 0 Å². The second kappa shape index (κ2) is 6.36. The second-order valence-electron chi connectivity index (χ2n) is 4.44. The smallest absolute Gasteiger partial charge is 0.408 e. The Hall–Kier alpha value is -1.40. The number of amides is 2. The van der Waals surface area contributed by atoms with Gasteiger partial charge in [-0.05, 0) is 20.8 Å². The van der Waals surface area contributed by atoms with Crippen LogP contribution in [0.25, 0.3) is 0 Å². The molecule has 7 heteroatoms. The summed E-state index contributed by atoms with van der Waals surface area (Å²) in [5.41, 5.74) is -0.748. The maximum absolute atomic E-state index is 12.2. The Labute approximate surface area is 98.9 Å². The van der Waals surface area contributed by atoms with Crippen molar-refractivity contribution in [1.82, 2.24) is 10.6 Å². The van der Waals surface area contributed by atoms with E-state index in [1.54, 1.807) is 20.8 Å². The number of hydrogen-bond acceptors (Lipinski definition) is 3. The lowest BCUT2D eigenvalue weighted by molar-refractivity contribution is -0.123. The van der Waals surface area contributed by atoms with E-state index in [-0.39, 0.29) is 0 Å². The van der Waals surface area contributed by atoms with Gasteiger partial charge in [-0.1, -0.05) is 0 Å². The fourth-order valence-corrected chi connectivity index (χ4v) is 1.03. The van der Waals surface area contributed by atoms with Gasteiger partial charge in [0.05, 0.1) is 0 Å². The predicted octanol–water partition coefficient (Wildman–Crippen LogP) is 1.28. The minimum Gasteiger partial charge on any atom is -0.444 e. The van der Waals surface area contributed by atoms with Crippen molar-refractivity contribution < 1.29 is 23.1 Å². The van der Waals surface area contributed by atoms with Crippen LogP contribution in [0.4, 0.5) is 13.6 Å². The first-order chi connectivity index (χ1) is 7.65. The number of ether oxygens (including phenoxy) is 1. The van der Waals surface area contributed by atoms with Crippen LogP contribution in [0.2, 0.25) is 0 Å². The normalized spacial score (nSPS) is 13.1. The summed E-state index contributed by atoms with van der Waals surface area (Å²) < 4.78 is 29.3. The Morgan fingerprint density at radius 2 is 1.82 bits per heavy atom. The third-order valence-electron chi connectivity index (χ3n) is 1.67. The molecule has 0 saturated carbocycles. The highest BCUT2D eigenvalue weighted by Gasteiger charge is 2.26. The number of rotatable bonds is 4. The maximum Gasteiger partial charge on any atom is 0.408 e. The van der Waals surface area contributed by atoms with Gasteiger partial charge in [0, 0.05) is 13.5 Å². The summed E-state index contributed by atoms with van der Waals surface area (Å²) in [7, 11) is 1.30. The van der Waals surface area contributed by atoms with Crippen LogP contribution < -0.4 is 10.6 Å². The molecule has 0 aliphatic carbocycles. The second-order valence-corrected chi connectivity index (χ2v) is 4.44. The van der Waals surface area contributed by atoms with Crippen molar-refractivity contribution in [3.8, 4) is 0 Å². The highest BCUT2D eigenvalue weighted by molar-refractivity contribution is 5.85. The van der Waals surface area contributed by atoms with E-state index >= 15 is 0 Å². The average Bonchev–Trinajstić information content (AvgIpc) is 2.11. The lowest BCUT2D eigenvalue weighted by Gasteiger charge is -2.22. The molecule has 0 aliphatic rings. The number of likely N-dealkylation sites (N-methyl/N-ethyl adjacent to an activating group) is 1. The summed E-state index contributed by atoms with van der Waals surface area (Å²) in [5, 5.41) is 4.30. The standard InChI is InChI=1S/C10H18F2N2O3/c1-10(2,3)17-9(16)14-6(5-7(11)12)8(15)13-4/h6-7H,5H2,1-4H3,(H,13,15)(H,14,16)/t6-/m0/s1. The number of carbonyl (C=O) groups excluding carboxylic acids is 2. The molecular weight excluding hydrogens is 234 g/mol. The molecule has 0 radical (unpaired) electrons. The lowest BCUT2D eigenvalue weighted by Crippen LogP contribution is -2.48. The van der Waals surface area contributed by atoms with Gasteiger partial charge in [-0.2, -0.15) is 0 Å². The molecule has 0 unspecified atom stereocenters. The van der Waals surface area contributed by atoms with Crippen LogP contribution >= 0.6 is 0 Å². The van der Waals surface area contributed by atoms with E-state index in [0.29, 0.717) is 0 Å². The van der Waals surface area contributed by atoms with Crippen LogP contribution in [-0.2, 0) is 9.53 Å². The van der Waals surface area contributed by atoms with Gasteiger partial charge >= 0.3 is 6.09 Å². The predicted molar refractivity (Wildman–Crippen MR) is 57.8 cm³/mol. The van der Waals surface area contributed by atoms with Gasteiger partial charge in [0.25, 0.3) is 0 Å². The number of alkyl carbamates (subject to hydrolysis) is 1. The molecule has 0 spiro atoms. The Morgan fingerprint density at radius 1 is 1.29 bits per heavy atom. The minimum atomic E-state index is -2.69. The number of alkyl halides is 2. The summed E-state index contributed by atoms with van der Waals surface area (Å²) >= 11 is 0. The molecule has 5 nitrogen and oxygen atoms in total. The van der Waals surface area contributed by atoms with E-state index in [0.717, 1.165) is 0 Å². The van der Waals surface area contributed by atoms with Gasteiger partial charge in [-0.3, -0.25) is 4.79 Å². The lowest BCUT2D eigenvalue weighted by atomic mass is 10.2. The first-order valence-electron chi connectivity index (χ1n) is 5.15. The molecule has 2 amide bonds. The van der Waals surface area contributed by atoms with Crippen molar-refractivity contribution in [3.63, 3.8) is 0 Å². The largest absolute Gasteiger partial charge is 0.444 e. The van der Waals surface area contributed by atoms with Gasteiger partial charge in [0.1, 0.15) is 11.6 Å². The third kappa shape index (κ3) is 7.48. The van der Waals surface area contributed by atoms with Crippen molar-refractivity contribution in [2.75, 3.05) is 7.05 Å². The molecular formula is C10H18F2N2O3. The van der Waals surface area contributed by atoms with E-state index in [1.807, 2.05) is 0 Å². The molecule has 0 heterocycles. The van der Waals surface area contributed by atoms with Crippen LogP contribution in [0.15, 0.2) is 0 Å².